The first kappa shape index (κ1) is 13.0. The molecule has 1 atom stereocenters. The topological polar surface area (TPSA) is 66.8 Å². The molecule has 5 heteroatoms. The minimum atomic E-state index is -1.08. The minimum absolute atomic E-state index is 0.351. The molecule has 0 bridgehead atoms. The number of aliphatic hydroxyl groups is 1. The SMILES string of the molecule is CC(C)(C)OC(=O)N1CCCC1(C=O)CO. The van der Waals surface area contributed by atoms with E-state index in [4.69, 9.17) is 4.74 Å². The van der Waals surface area contributed by atoms with Crippen LogP contribution in [0.15, 0.2) is 0 Å². The van der Waals surface area contributed by atoms with Gasteiger partial charge in [0.2, 0.25) is 0 Å². The van der Waals surface area contributed by atoms with Crippen molar-refractivity contribution in [1.82, 2.24) is 4.90 Å². The molecule has 1 saturated heterocycles. The first-order valence-corrected chi connectivity index (χ1v) is 5.42. The lowest BCUT2D eigenvalue weighted by atomic mass is 10.00. The monoisotopic (exact) mass is 229 g/mol. The number of amides is 1. The van der Waals surface area contributed by atoms with Crippen LogP contribution in [0.4, 0.5) is 4.79 Å². The van der Waals surface area contributed by atoms with Gasteiger partial charge in [-0.1, -0.05) is 0 Å². The van der Waals surface area contributed by atoms with E-state index in [1.807, 2.05) is 0 Å². The highest BCUT2D eigenvalue weighted by atomic mass is 16.6. The number of aliphatic hydroxyl groups excluding tert-OH is 1. The second kappa shape index (κ2) is 4.41. The van der Waals surface area contributed by atoms with Gasteiger partial charge in [0.15, 0.2) is 0 Å². The van der Waals surface area contributed by atoms with Gasteiger partial charge in [-0.05, 0) is 33.6 Å². The molecule has 16 heavy (non-hydrogen) atoms. The summed E-state index contributed by atoms with van der Waals surface area (Å²) in [5.41, 5.74) is -1.67. The zero-order chi connectivity index (χ0) is 12.4. The van der Waals surface area contributed by atoms with Gasteiger partial charge >= 0.3 is 6.09 Å². The van der Waals surface area contributed by atoms with Crippen molar-refractivity contribution in [3.8, 4) is 0 Å². The van der Waals surface area contributed by atoms with Crippen molar-refractivity contribution >= 4 is 12.4 Å². The lowest BCUT2D eigenvalue weighted by Crippen LogP contribution is -2.52. The summed E-state index contributed by atoms with van der Waals surface area (Å²) >= 11 is 0. The maximum Gasteiger partial charge on any atom is 0.411 e. The van der Waals surface area contributed by atoms with Crippen LogP contribution in [-0.2, 0) is 9.53 Å². The molecular formula is C11H19NO4. The normalized spacial score (nSPS) is 25.6. The molecule has 0 aliphatic carbocycles. The third-order valence-corrected chi connectivity index (χ3v) is 2.64. The van der Waals surface area contributed by atoms with E-state index in [9.17, 15) is 14.7 Å². The van der Waals surface area contributed by atoms with Crippen molar-refractivity contribution in [2.75, 3.05) is 13.2 Å². The molecule has 1 aliphatic heterocycles. The Balaban J connectivity index is 2.79. The van der Waals surface area contributed by atoms with Crippen molar-refractivity contribution in [3.05, 3.63) is 0 Å². The molecule has 1 amide bonds. The predicted octanol–water partition coefficient (Wildman–Crippen LogP) is 0.947. The van der Waals surface area contributed by atoms with E-state index in [2.05, 4.69) is 0 Å². The van der Waals surface area contributed by atoms with Gasteiger partial charge in [-0.3, -0.25) is 4.90 Å². The van der Waals surface area contributed by atoms with Gasteiger partial charge in [0, 0.05) is 6.54 Å². The molecule has 1 rings (SSSR count). The highest BCUT2D eigenvalue weighted by Gasteiger charge is 2.44. The Morgan fingerprint density at radius 1 is 1.56 bits per heavy atom. The molecule has 5 nitrogen and oxygen atoms in total. The Morgan fingerprint density at radius 2 is 2.19 bits per heavy atom. The van der Waals surface area contributed by atoms with Crippen LogP contribution >= 0.6 is 0 Å². The Bertz CT molecular complexity index is 284. The summed E-state index contributed by atoms with van der Waals surface area (Å²) in [5.74, 6) is 0. The van der Waals surface area contributed by atoms with Crippen LogP contribution in [0.1, 0.15) is 33.6 Å². The third-order valence-electron chi connectivity index (χ3n) is 2.64. The lowest BCUT2D eigenvalue weighted by molar-refractivity contribution is -0.119. The van der Waals surface area contributed by atoms with Gasteiger partial charge in [-0.15, -0.1) is 0 Å². The number of carbonyl (C=O) groups excluding carboxylic acids is 2. The summed E-state index contributed by atoms with van der Waals surface area (Å²) in [6, 6.07) is 0. The molecule has 0 aromatic rings. The van der Waals surface area contributed by atoms with Crippen molar-refractivity contribution < 1.29 is 19.4 Å². The average Bonchev–Trinajstić information content (AvgIpc) is 2.59. The van der Waals surface area contributed by atoms with E-state index in [1.165, 1.54) is 4.90 Å². The molecule has 0 radical (unpaired) electrons. The summed E-state index contributed by atoms with van der Waals surface area (Å²) in [6.07, 6.45) is 1.31. The molecule has 1 heterocycles. The highest BCUT2D eigenvalue weighted by molar-refractivity contribution is 5.78. The van der Waals surface area contributed by atoms with Gasteiger partial charge in [0.25, 0.3) is 0 Å². The molecule has 1 aliphatic rings. The number of aldehydes is 1. The zero-order valence-electron chi connectivity index (χ0n) is 10.0. The summed E-state index contributed by atoms with van der Waals surface area (Å²) in [6.45, 7) is 5.40. The van der Waals surface area contributed by atoms with Crippen LogP contribution in [-0.4, -0.2) is 46.7 Å². The van der Waals surface area contributed by atoms with E-state index in [1.54, 1.807) is 20.8 Å². The highest BCUT2D eigenvalue weighted by Crippen LogP contribution is 2.28. The van der Waals surface area contributed by atoms with E-state index < -0.39 is 17.2 Å². The average molecular weight is 229 g/mol. The van der Waals surface area contributed by atoms with Crippen molar-refractivity contribution in [3.63, 3.8) is 0 Å². The molecule has 1 N–H and O–H groups in total. The van der Waals surface area contributed by atoms with E-state index in [-0.39, 0.29) is 6.61 Å². The number of hydrogen-bond acceptors (Lipinski definition) is 4. The molecular weight excluding hydrogens is 210 g/mol. The van der Waals surface area contributed by atoms with Crippen molar-refractivity contribution in [2.45, 2.75) is 44.8 Å². The van der Waals surface area contributed by atoms with Crippen LogP contribution in [0.5, 0.6) is 0 Å². The van der Waals surface area contributed by atoms with Crippen molar-refractivity contribution in [1.29, 1.82) is 0 Å². The molecule has 0 aromatic heterocycles. The van der Waals surface area contributed by atoms with Crippen LogP contribution < -0.4 is 0 Å². The third kappa shape index (κ3) is 2.52. The maximum absolute atomic E-state index is 11.8. The second-order valence-electron chi connectivity index (χ2n) is 5.12. The second-order valence-corrected chi connectivity index (χ2v) is 5.12. The predicted molar refractivity (Wildman–Crippen MR) is 58.1 cm³/mol. The fraction of sp³-hybridized carbons (Fsp3) is 0.818. The van der Waals surface area contributed by atoms with E-state index >= 15 is 0 Å². The number of hydrogen-bond donors (Lipinski definition) is 1. The molecule has 1 fully saturated rings. The summed E-state index contributed by atoms with van der Waals surface area (Å²) in [4.78, 5) is 24.2. The number of ether oxygens (including phenoxy) is 1. The zero-order valence-corrected chi connectivity index (χ0v) is 10.0. The van der Waals surface area contributed by atoms with E-state index in [0.29, 0.717) is 25.7 Å². The van der Waals surface area contributed by atoms with Gasteiger partial charge in [-0.2, -0.15) is 0 Å². The molecule has 0 aromatic carbocycles. The quantitative estimate of drug-likeness (QED) is 0.716. The molecule has 92 valence electrons. The van der Waals surface area contributed by atoms with Crippen LogP contribution in [0.2, 0.25) is 0 Å². The first-order valence-electron chi connectivity index (χ1n) is 5.42. The van der Waals surface area contributed by atoms with Gasteiger partial charge in [0.05, 0.1) is 6.61 Å². The molecule has 0 spiro atoms. The van der Waals surface area contributed by atoms with Gasteiger partial charge < -0.3 is 14.6 Å². The number of rotatable bonds is 2. The largest absolute Gasteiger partial charge is 0.444 e. The van der Waals surface area contributed by atoms with E-state index in [0.717, 1.165) is 0 Å². The van der Waals surface area contributed by atoms with Gasteiger partial charge in [0.1, 0.15) is 17.4 Å². The Hall–Kier alpha value is -1.10. The summed E-state index contributed by atoms with van der Waals surface area (Å²) in [5, 5.41) is 9.25. The maximum atomic E-state index is 11.8. The van der Waals surface area contributed by atoms with Crippen LogP contribution in [0.25, 0.3) is 0 Å². The smallest absolute Gasteiger partial charge is 0.411 e. The lowest BCUT2D eigenvalue weighted by Gasteiger charge is -2.33. The molecule has 1 unspecified atom stereocenters. The van der Waals surface area contributed by atoms with Gasteiger partial charge in [-0.25, -0.2) is 4.79 Å². The first-order chi connectivity index (χ1) is 7.34. The Morgan fingerprint density at radius 3 is 2.62 bits per heavy atom. The summed E-state index contributed by atoms with van der Waals surface area (Å²) < 4.78 is 5.20. The standard InChI is InChI=1S/C11H19NO4/c1-10(2,3)16-9(15)12-6-4-5-11(12,7-13)8-14/h7,14H,4-6,8H2,1-3H3. The van der Waals surface area contributed by atoms with Crippen molar-refractivity contribution in [2.24, 2.45) is 0 Å². The number of carbonyl (C=O) groups is 2. The van der Waals surface area contributed by atoms with Crippen LogP contribution in [0, 0.1) is 0 Å². The minimum Gasteiger partial charge on any atom is -0.444 e. The summed E-state index contributed by atoms with van der Waals surface area (Å²) in [7, 11) is 0. The Kier molecular flexibility index (Phi) is 3.57. The molecule has 0 saturated carbocycles. The fourth-order valence-corrected chi connectivity index (χ4v) is 1.82. The Labute approximate surface area is 95.4 Å². The number of likely N-dealkylation sites (tertiary alicyclic amines) is 1. The fourth-order valence-electron chi connectivity index (χ4n) is 1.82. The van der Waals surface area contributed by atoms with Crippen LogP contribution in [0.3, 0.4) is 0 Å². The number of nitrogens with zero attached hydrogens (tertiary/aromatic N) is 1.